The number of benzene rings is 1. The summed E-state index contributed by atoms with van der Waals surface area (Å²) in [5, 5.41) is 4.05. The molecule has 0 aliphatic rings. The fourth-order valence-electron chi connectivity index (χ4n) is 1.31. The van der Waals surface area contributed by atoms with Crippen molar-refractivity contribution in [3.8, 4) is 5.75 Å². The van der Waals surface area contributed by atoms with Gasteiger partial charge in [0.2, 0.25) is 0 Å². The molecule has 0 aliphatic heterocycles. The first-order chi connectivity index (χ1) is 8.05. The van der Waals surface area contributed by atoms with Crippen LogP contribution in [0.2, 0.25) is 5.02 Å². The van der Waals surface area contributed by atoms with E-state index in [1.54, 1.807) is 0 Å². The maximum atomic E-state index is 12.1. The first-order valence-electron chi connectivity index (χ1n) is 4.64. The van der Waals surface area contributed by atoms with Gasteiger partial charge in [-0.05, 0) is 18.2 Å². The summed E-state index contributed by atoms with van der Waals surface area (Å²) in [5.41, 5.74) is 0. The van der Waals surface area contributed by atoms with Gasteiger partial charge in [-0.1, -0.05) is 11.6 Å². The van der Waals surface area contributed by atoms with Crippen molar-refractivity contribution in [3.05, 3.63) is 41.7 Å². The fraction of sp³-hybridized carbons (Fsp3) is 0.100. The van der Waals surface area contributed by atoms with Gasteiger partial charge in [-0.2, -0.15) is 17.6 Å². The van der Waals surface area contributed by atoms with Gasteiger partial charge >= 0.3 is 0 Å². The molecule has 2 aromatic rings. The van der Waals surface area contributed by atoms with Crippen molar-refractivity contribution in [2.45, 2.75) is 4.90 Å². The Morgan fingerprint density at radius 1 is 1.41 bits per heavy atom. The Morgan fingerprint density at radius 2 is 2.18 bits per heavy atom. The van der Waals surface area contributed by atoms with Gasteiger partial charge in [-0.25, -0.2) is 0 Å². The Bertz CT molecular complexity index is 623. The van der Waals surface area contributed by atoms with Crippen molar-refractivity contribution in [2.24, 2.45) is 0 Å². The van der Waals surface area contributed by atoms with Crippen LogP contribution in [-0.4, -0.2) is 24.7 Å². The van der Waals surface area contributed by atoms with Crippen LogP contribution in [-0.2, 0) is 10.0 Å². The minimum atomic E-state index is -3.68. The molecule has 5 nitrogen and oxygen atoms in total. The number of halogens is 1. The Balaban J connectivity index is 2.55. The van der Waals surface area contributed by atoms with Gasteiger partial charge in [0.25, 0.3) is 10.0 Å². The predicted octanol–water partition coefficient (Wildman–Crippen LogP) is 1.78. The van der Waals surface area contributed by atoms with Gasteiger partial charge in [-0.3, -0.25) is 0 Å². The first kappa shape index (κ1) is 11.9. The molecule has 0 N–H and O–H groups in total. The maximum Gasteiger partial charge on any atom is 0.283 e. The summed E-state index contributed by atoms with van der Waals surface area (Å²) in [4.78, 5) is 0.0717. The summed E-state index contributed by atoms with van der Waals surface area (Å²) in [5.74, 6) is 0.305. The molecule has 0 fully saturated rings. The van der Waals surface area contributed by atoms with Gasteiger partial charge in [0.05, 0.1) is 23.2 Å². The highest BCUT2D eigenvalue weighted by molar-refractivity contribution is 7.89. The van der Waals surface area contributed by atoms with Crippen molar-refractivity contribution in [1.29, 1.82) is 0 Å². The molecular weight excluding hydrogens is 264 g/mol. The molecule has 0 bridgehead atoms. The second-order valence-corrected chi connectivity index (χ2v) is 5.38. The van der Waals surface area contributed by atoms with Crippen LogP contribution in [0.5, 0.6) is 5.75 Å². The Kier molecular flexibility index (Phi) is 3.08. The third kappa shape index (κ3) is 2.13. The van der Waals surface area contributed by atoms with Crippen LogP contribution in [0.15, 0.2) is 41.6 Å². The Hall–Kier alpha value is -1.53. The van der Waals surface area contributed by atoms with E-state index in [1.807, 2.05) is 0 Å². The van der Waals surface area contributed by atoms with E-state index in [0.717, 1.165) is 4.09 Å². The summed E-state index contributed by atoms with van der Waals surface area (Å²) in [6, 6.07) is 5.77. The van der Waals surface area contributed by atoms with Crippen LogP contribution in [0.4, 0.5) is 0 Å². The lowest BCUT2D eigenvalue weighted by Gasteiger charge is -2.07. The largest absolute Gasteiger partial charge is 0.495 e. The maximum absolute atomic E-state index is 12.1. The Morgan fingerprint density at radius 3 is 2.76 bits per heavy atom. The molecule has 1 aromatic heterocycles. The van der Waals surface area contributed by atoms with E-state index in [4.69, 9.17) is 16.3 Å². The van der Waals surface area contributed by atoms with Gasteiger partial charge in [-0.15, -0.1) is 0 Å². The summed E-state index contributed by atoms with van der Waals surface area (Å²) < 4.78 is 30.0. The lowest BCUT2D eigenvalue weighted by molar-refractivity contribution is 0.413. The van der Waals surface area contributed by atoms with E-state index in [1.165, 1.54) is 43.8 Å². The van der Waals surface area contributed by atoms with Gasteiger partial charge in [0.1, 0.15) is 5.75 Å². The van der Waals surface area contributed by atoms with Crippen molar-refractivity contribution in [1.82, 2.24) is 9.19 Å². The lowest BCUT2D eigenvalue weighted by Crippen LogP contribution is -2.13. The second-order valence-electron chi connectivity index (χ2n) is 3.18. The van der Waals surface area contributed by atoms with E-state index in [2.05, 4.69) is 5.10 Å². The molecule has 0 amide bonds. The number of ether oxygens (including phenoxy) is 1. The average molecular weight is 273 g/mol. The zero-order valence-corrected chi connectivity index (χ0v) is 10.4. The number of nitrogens with zero attached hydrogens (tertiary/aromatic N) is 2. The zero-order chi connectivity index (χ0) is 12.5. The van der Waals surface area contributed by atoms with Gasteiger partial charge in [0.15, 0.2) is 0 Å². The first-order valence-corrected chi connectivity index (χ1v) is 6.46. The smallest absolute Gasteiger partial charge is 0.283 e. The summed E-state index contributed by atoms with van der Waals surface area (Å²) in [6.07, 6.45) is 2.75. The third-order valence-electron chi connectivity index (χ3n) is 2.15. The molecule has 0 radical (unpaired) electrons. The van der Waals surface area contributed by atoms with Crippen LogP contribution < -0.4 is 4.74 Å². The van der Waals surface area contributed by atoms with Crippen molar-refractivity contribution < 1.29 is 13.2 Å². The summed E-state index contributed by atoms with van der Waals surface area (Å²) in [6.45, 7) is 0. The predicted molar refractivity (Wildman–Crippen MR) is 62.8 cm³/mol. The SMILES string of the molecule is COc1cc(S(=O)(=O)n2cccn2)ccc1Cl. The number of methoxy groups -OCH3 is 1. The molecule has 0 aliphatic carbocycles. The number of rotatable bonds is 3. The van der Waals surface area contributed by atoms with Crippen molar-refractivity contribution in [2.75, 3.05) is 7.11 Å². The minimum Gasteiger partial charge on any atom is -0.495 e. The molecule has 0 unspecified atom stereocenters. The van der Waals surface area contributed by atoms with E-state index >= 15 is 0 Å². The minimum absolute atomic E-state index is 0.0717. The summed E-state index contributed by atoms with van der Waals surface area (Å²) >= 11 is 5.83. The van der Waals surface area contributed by atoms with Crippen LogP contribution in [0, 0.1) is 0 Å². The summed E-state index contributed by atoms with van der Waals surface area (Å²) in [7, 11) is -2.26. The average Bonchev–Trinajstić information content (AvgIpc) is 2.83. The molecule has 7 heteroatoms. The fourth-order valence-corrected chi connectivity index (χ4v) is 2.62. The van der Waals surface area contributed by atoms with Crippen LogP contribution in [0.1, 0.15) is 0 Å². The Labute approximate surface area is 104 Å². The number of hydrogen-bond acceptors (Lipinski definition) is 4. The second kappa shape index (κ2) is 4.38. The van der Waals surface area contributed by atoms with E-state index < -0.39 is 10.0 Å². The molecule has 0 spiro atoms. The van der Waals surface area contributed by atoms with Gasteiger partial charge < -0.3 is 4.74 Å². The molecule has 1 aromatic carbocycles. The van der Waals surface area contributed by atoms with Crippen molar-refractivity contribution in [3.63, 3.8) is 0 Å². The molecule has 0 atom stereocenters. The highest BCUT2D eigenvalue weighted by atomic mass is 35.5. The topological polar surface area (TPSA) is 61.2 Å². The molecule has 0 saturated heterocycles. The standard InChI is InChI=1S/C10H9ClN2O3S/c1-16-10-7-8(3-4-9(10)11)17(14,15)13-6-2-5-12-13/h2-7H,1H3. The van der Waals surface area contributed by atoms with E-state index in [-0.39, 0.29) is 4.90 Å². The quantitative estimate of drug-likeness (QED) is 0.854. The molecule has 90 valence electrons. The lowest BCUT2D eigenvalue weighted by atomic mass is 10.3. The zero-order valence-electron chi connectivity index (χ0n) is 8.87. The molecular formula is C10H9ClN2O3S. The van der Waals surface area contributed by atoms with Crippen LogP contribution in [0.25, 0.3) is 0 Å². The van der Waals surface area contributed by atoms with Crippen LogP contribution in [0.3, 0.4) is 0 Å². The highest BCUT2D eigenvalue weighted by Gasteiger charge is 2.18. The molecule has 0 saturated carbocycles. The normalized spacial score (nSPS) is 11.4. The van der Waals surface area contributed by atoms with E-state index in [0.29, 0.717) is 10.8 Å². The number of aromatic nitrogens is 2. The molecule has 1 heterocycles. The number of hydrogen-bond donors (Lipinski definition) is 0. The molecule has 2 rings (SSSR count). The monoisotopic (exact) mass is 272 g/mol. The van der Waals surface area contributed by atoms with Crippen molar-refractivity contribution >= 4 is 21.6 Å². The van der Waals surface area contributed by atoms with E-state index in [9.17, 15) is 8.42 Å². The van der Waals surface area contributed by atoms with Crippen LogP contribution >= 0.6 is 11.6 Å². The molecule has 17 heavy (non-hydrogen) atoms. The third-order valence-corrected chi connectivity index (χ3v) is 4.02. The van der Waals surface area contributed by atoms with Gasteiger partial charge in [0, 0.05) is 12.3 Å². The highest BCUT2D eigenvalue weighted by Crippen LogP contribution is 2.27.